The lowest BCUT2D eigenvalue weighted by Crippen LogP contribution is -2.45. The molecule has 1 saturated heterocycles. The van der Waals surface area contributed by atoms with Crippen LogP contribution in [0.1, 0.15) is 0 Å². The molecule has 0 radical (unpaired) electrons. The average Bonchev–Trinajstić information content (AvgIpc) is 2.20. The largest absolute Gasteiger partial charge is 0.480 e. The van der Waals surface area contributed by atoms with E-state index < -0.39 is 5.97 Å². The molecule has 0 spiro atoms. The number of aliphatic carboxylic acids is 1. The topological polar surface area (TPSA) is 90.6 Å². The Balaban J connectivity index is 0.000000288. The fourth-order valence-electron chi connectivity index (χ4n) is 1.27. The number of rotatable bonds is 4. The summed E-state index contributed by atoms with van der Waals surface area (Å²) in [6, 6.07) is 0. The molecule has 0 aromatic heterocycles. The number of carboxylic acid groups (broad SMARTS) is 1. The lowest BCUT2D eigenvalue weighted by Gasteiger charge is -2.26. The Kier molecular flexibility index (Phi) is 9.40. The van der Waals surface area contributed by atoms with E-state index in [0.717, 1.165) is 39.3 Å². The number of nitrogens with one attached hydrogen (secondary N) is 2. The fraction of sp³-hybridized carbons (Fsp3) is 0.889. The van der Waals surface area contributed by atoms with Gasteiger partial charge in [0.05, 0.1) is 6.54 Å². The minimum Gasteiger partial charge on any atom is -0.480 e. The summed E-state index contributed by atoms with van der Waals surface area (Å²) in [7, 11) is 1.59. The summed E-state index contributed by atoms with van der Waals surface area (Å²) in [6.07, 6.45) is 0. The minimum absolute atomic E-state index is 0.0417. The van der Waals surface area contributed by atoms with Gasteiger partial charge in [0.15, 0.2) is 0 Å². The first-order chi connectivity index (χ1) is 7.20. The molecule has 90 valence electrons. The van der Waals surface area contributed by atoms with Gasteiger partial charge >= 0.3 is 5.97 Å². The Hall–Kier alpha value is -0.690. The van der Waals surface area contributed by atoms with Crippen LogP contribution in [0.15, 0.2) is 0 Å². The number of hydrogen-bond donors (Lipinski definition) is 4. The van der Waals surface area contributed by atoms with Crippen LogP contribution in [0.2, 0.25) is 0 Å². The molecule has 0 amide bonds. The molecule has 6 heteroatoms. The highest BCUT2D eigenvalue weighted by atomic mass is 16.4. The smallest absolute Gasteiger partial charge is 0.317 e. The molecule has 1 heterocycles. The Bertz CT molecular complexity index is 157. The van der Waals surface area contributed by atoms with E-state index in [0.29, 0.717) is 0 Å². The summed E-state index contributed by atoms with van der Waals surface area (Å²) in [5.74, 6) is -0.822. The van der Waals surface area contributed by atoms with Crippen LogP contribution in [0.4, 0.5) is 0 Å². The molecule has 0 atom stereocenters. The molecule has 1 fully saturated rings. The molecule has 15 heavy (non-hydrogen) atoms. The predicted octanol–water partition coefficient (Wildman–Crippen LogP) is -1.86. The molecule has 1 aliphatic heterocycles. The van der Waals surface area contributed by atoms with Gasteiger partial charge in [0.1, 0.15) is 0 Å². The SMILES string of the molecule is CNCC(=O)O.NCCN1CCNCC1. The highest BCUT2D eigenvalue weighted by Crippen LogP contribution is 1.88. The standard InChI is InChI=1S/C6H15N3.C3H7NO2/c7-1-4-9-5-2-8-3-6-9;1-4-2-3(5)6/h8H,1-7H2;4H,2H2,1H3,(H,5,6). The van der Waals surface area contributed by atoms with Crippen molar-refractivity contribution in [1.82, 2.24) is 15.5 Å². The maximum absolute atomic E-state index is 9.54. The number of carboxylic acids is 1. The van der Waals surface area contributed by atoms with Crippen molar-refractivity contribution in [3.8, 4) is 0 Å². The molecule has 1 rings (SSSR count). The number of nitrogens with two attached hydrogens (primary N) is 1. The molecule has 0 aromatic carbocycles. The first-order valence-electron chi connectivity index (χ1n) is 5.20. The molecule has 0 unspecified atom stereocenters. The van der Waals surface area contributed by atoms with E-state index in [-0.39, 0.29) is 6.54 Å². The van der Waals surface area contributed by atoms with Crippen molar-refractivity contribution >= 4 is 5.97 Å². The lowest BCUT2D eigenvalue weighted by molar-refractivity contribution is -0.135. The van der Waals surface area contributed by atoms with Crippen LogP contribution >= 0.6 is 0 Å². The normalized spacial score (nSPS) is 16.7. The van der Waals surface area contributed by atoms with E-state index in [1.807, 2.05) is 0 Å². The van der Waals surface area contributed by atoms with Crippen molar-refractivity contribution in [2.75, 3.05) is 52.9 Å². The zero-order valence-corrected chi connectivity index (χ0v) is 9.33. The minimum atomic E-state index is -0.822. The first kappa shape index (κ1) is 14.3. The Labute approximate surface area is 90.8 Å². The second kappa shape index (κ2) is 9.85. The highest BCUT2D eigenvalue weighted by molar-refractivity contribution is 5.68. The van der Waals surface area contributed by atoms with Crippen LogP contribution < -0.4 is 16.4 Å². The van der Waals surface area contributed by atoms with Crippen LogP contribution in [0, 0.1) is 0 Å². The summed E-state index contributed by atoms with van der Waals surface area (Å²) in [6.45, 7) is 6.47. The summed E-state index contributed by atoms with van der Waals surface area (Å²) in [5.41, 5.74) is 5.40. The monoisotopic (exact) mass is 218 g/mol. The van der Waals surface area contributed by atoms with Crippen molar-refractivity contribution in [2.24, 2.45) is 5.73 Å². The van der Waals surface area contributed by atoms with Gasteiger partial charge in [-0.25, -0.2) is 0 Å². The Morgan fingerprint density at radius 3 is 2.47 bits per heavy atom. The fourth-order valence-corrected chi connectivity index (χ4v) is 1.27. The van der Waals surface area contributed by atoms with E-state index in [2.05, 4.69) is 15.5 Å². The van der Waals surface area contributed by atoms with E-state index in [1.165, 1.54) is 0 Å². The Morgan fingerprint density at radius 2 is 2.13 bits per heavy atom. The van der Waals surface area contributed by atoms with Gasteiger partial charge in [0, 0.05) is 39.3 Å². The molecule has 0 aliphatic carbocycles. The number of hydrogen-bond acceptors (Lipinski definition) is 5. The third-order valence-corrected chi connectivity index (χ3v) is 1.98. The third kappa shape index (κ3) is 9.61. The third-order valence-electron chi connectivity index (χ3n) is 1.98. The number of carbonyl (C=O) groups is 1. The van der Waals surface area contributed by atoms with Gasteiger partial charge in [-0.1, -0.05) is 0 Å². The van der Waals surface area contributed by atoms with Crippen molar-refractivity contribution in [1.29, 1.82) is 0 Å². The molecule has 0 aromatic rings. The summed E-state index contributed by atoms with van der Waals surface area (Å²) >= 11 is 0. The van der Waals surface area contributed by atoms with Crippen molar-refractivity contribution < 1.29 is 9.90 Å². The van der Waals surface area contributed by atoms with E-state index in [1.54, 1.807) is 7.05 Å². The van der Waals surface area contributed by atoms with Gasteiger partial charge in [-0.05, 0) is 7.05 Å². The first-order valence-corrected chi connectivity index (χ1v) is 5.20. The van der Waals surface area contributed by atoms with Gasteiger partial charge in [0.2, 0.25) is 0 Å². The van der Waals surface area contributed by atoms with Gasteiger partial charge in [-0.2, -0.15) is 0 Å². The summed E-state index contributed by atoms with van der Waals surface area (Å²) in [4.78, 5) is 11.9. The molecule has 0 bridgehead atoms. The number of piperazine rings is 1. The van der Waals surface area contributed by atoms with Crippen LogP contribution in [0.3, 0.4) is 0 Å². The maximum atomic E-state index is 9.54. The Morgan fingerprint density at radius 1 is 1.53 bits per heavy atom. The van der Waals surface area contributed by atoms with Gasteiger partial charge in [0.25, 0.3) is 0 Å². The van der Waals surface area contributed by atoms with Gasteiger partial charge in [-0.3, -0.25) is 9.69 Å². The average molecular weight is 218 g/mol. The zero-order valence-electron chi connectivity index (χ0n) is 9.33. The predicted molar refractivity (Wildman–Crippen MR) is 59.9 cm³/mol. The van der Waals surface area contributed by atoms with Crippen LogP contribution in [-0.2, 0) is 4.79 Å². The van der Waals surface area contributed by atoms with E-state index in [9.17, 15) is 4.79 Å². The van der Waals surface area contributed by atoms with Crippen molar-refractivity contribution in [2.45, 2.75) is 0 Å². The van der Waals surface area contributed by atoms with Crippen molar-refractivity contribution in [3.05, 3.63) is 0 Å². The van der Waals surface area contributed by atoms with Crippen LogP contribution in [0.25, 0.3) is 0 Å². The molecule has 1 aliphatic rings. The second-order valence-corrected chi connectivity index (χ2v) is 3.30. The van der Waals surface area contributed by atoms with Crippen LogP contribution in [0.5, 0.6) is 0 Å². The summed E-state index contributed by atoms with van der Waals surface area (Å²) in [5, 5.41) is 13.6. The highest BCUT2D eigenvalue weighted by Gasteiger charge is 2.06. The van der Waals surface area contributed by atoms with E-state index in [4.69, 9.17) is 10.8 Å². The quantitative estimate of drug-likeness (QED) is 0.442. The van der Waals surface area contributed by atoms with Crippen LogP contribution in [-0.4, -0.2) is 68.8 Å². The van der Waals surface area contributed by atoms with E-state index >= 15 is 0 Å². The second-order valence-electron chi connectivity index (χ2n) is 3.30. The summed E-state index contributed by atoms with van der Waals surface area (Å²) < 4.78 is 0. The molecule has 5 N–H and O–H groups in total. The zero-order chi connectivity index (χ0) is 11.5. The maximum Gasteiger partial charge on any atom is 0.317 e. The molecule has 0 saturated carbocycles. The number of likely N-dealkylation sites (N-methyl/N-ethyl adjacent to an activating group) is 1. The lowest BCUT2D eigenvalue weighted by atomic mass is 10.3. The van der Waals surface area contributed by atoms with Gasteiger partial charge in [-0.15, -0.1) is 0 Å². The molecular formula is C9H22N4O2. The molecule has 6 nitrogen and oxygen atoms in total. The molecular weight excluding hydrogens is 196 g/mol. The van der Waals surface area contributed by atoms with Gasteiger partial charge < -0.3 is 21.5 Å². The van der Waals surface area contributed by atoms with Crippen molar-refractivity contribution in [3.63, 3.8) is 0 Å². The number of nitrogens with zero attached hydrogens (tertiary/aromatic N) is 1.